The van der Waals surface area contributed by atoms with Crippen LogP contribution in [0.3, 0.4) is 0 Å². The minimum atomic E-state index is -0.879. The zero-order chi connectivity index (χ0) is 14.8. The summed E-state index contributed by atoms with van der Waals surface area (Å²) in [5, 5.41) is 8.89. The third-order valence-electron chi connectivity index (χ3n) is 3.93. The van der Waals surface area contributed by atoms with Gasteiger partial charge in [-0.05, 0) is 51.4 Å². The van der Waals surface area contributed by atoms with Crippen molar-refractivity contribution in [3.05, 3.63) is 35.4 Å². The Labute approximate surface area is 120 Å². The number of benzene rings is 1. The highest BCUT2D eigenvalue weighted by atomic mass is 16.5. The number of aromatic carboxylic acids is 1. The summed E-state index contributed by atoms with van der Waals surface area (Å²) in [6, 6.07) is 7.63. The molecule has 1 aliphatic heterocycles. The van der Waals surface area contributed by atoms with Crippen LogP contribution in [0.25, 0.3) is 0 Å². The van der Waals surface area contributed by atoms with Crippen LogP contribution in [0.4, 0.5) is 0 Å². The van der Waals surface area contributed by atoms with Crippen LogP contribution >= 0.6 is 0 Å². The second kappa shape index (κ2) is 5.94. The Kier molecular flexibility index (Phi) is 4.45. The fourth-order valence-corrected chi connectivity index (χ4v) is 2.75. The third kappa shape index (κ3) is 3.81. The predicted molar refractivity (Wildman–Crippen MR) is 77.9 cm³/mol. The second-order valence-electron chi connectivity index (χ2n) is 6.17. The standard InChI is InChI=1S/C16H23NO3/c1-16(2)10-14(8-9-20-16)17(3)11-12-4-6-13(7-5-12)15(18)19/h4-7,14H,8-11H2,1-3H3,(H,18,19). The highest BCUT2D eigenvalue weighted by Crippen LogP contribution is 2.27. The summed E-state index contributed by atoms with van der Waals surface area (Å²) < 4.78 is 5.75. The van der Waals surface area contributed by atoms with Crippen LogP contribution in [0.2, 0.25) is 0 Å². The molecule has 4 nitrogen and oxygen atoms in total. The first-order chi connectivity index (χ1) is 9.37. The van der Waals surface area contributed by atoms with E-state index < -0.39 is 5.97 Å². The van der Waals surface area contributed by atoms with E-state index in [4.69, 9.17) is 9.84 Å². The Bertz CT molecular complexity index is 467. The number of nitrogens with zero attached hydrogens (tertiary/aromatic N) is 1. The van der Waals surface area contributed by atoms with Gasteiger partial charge in [0.2, 0.25) is 0 Å². The molecular weight excluding hydrogens is 254 g/mol. The third-order valence-corrected chi connectivity index (χ3v) is 3.93. The van der Waals surface area contributed by atoms with Gasteiger partial charge in [0.1, 0.15) is 0 Å². The summed E-state index contributed by atoms with van der Waals surface area (Å²) in [5.74, 6) is -0.879. The number of rotatable bonds is 4. The van der Waals surface area contributed by atoms with Gasteiger partial charge in [-0.15, -0.1) is 0 Å². The van der Waals surface area contributed by atoms with Crippen molar-refractivity contribution in [3.63, 3.8) is 0 Å². The molecule has 0 spiro atoms. The maximum Gasteiger partial charge on any atom is 0.335 e. The van der Waals surface area contributed by atoms with E-state index in [1.165, 1.54) is 0 Å². The molecule has 1 aromatic carbocycles. The molecule has 0 amide bonds. The summed E-state index contributed by atoms with van der Waals surface area (Å²) in [4.78, 5) is 13.2. The van der Waals surface area contributed by atoms with Crippen LogP contribution in [0, 0.1) is 0 Å². The Morgan fingerprint density at radius 2 is 2.05 bits per heavy atom. The minimum absolute atomic E-state index is 0.0512. The molecule has 1 unspecified atom stereocenters. The number of hydrogen-bond acceptors (Lipinski definition) is 3. The molecule has 1 aromatic rings. The van der Waals surface area contributed by atoms with Gasteiger partial charge in [-0.1, -0.05) is 12.1 Å². The molecule has 1 fully saturated rings. The SMILES string of the molecule is CN(Cc1ccc(C(=O)O)cc1)C1CCOC(C)(C)C1. The fraction of sp³-hybridized carbons (Fsp3) is 0.562. The van der Waals surface area contributed by atoms with Crippen LogP contribution in [-0.4, -0.2) is 41.3 Å². The highest BCUT2D eigenvalue weighted by molar-refractivity contribution is 5.87. The maximum atomic E-state index is 10.8. The molecule has 0 aliphatic carbocycles. The van der Waals surface area contributed by atoms with Crippen molar-refractivity contribution < 1.29 is 14.6 Å². The van der Waals surface area contributed by atoms with Crippen LogP contribution in [-0.2, 0) is 11.3 Å². The lowest BCUT2D eigenvalue weighted by molar-refractivity contribution is -0.0809. The monoisotopic (exact) mass is 277 g/mol. The van der Waals surface area contributed by atoms with E-state index >= 15 is 0 Å². The van der Waals surface area contributed by atoms with Crippen molar-refractivity contribution in [3.8, 4) is 0 Å². The van der Waals surface area contributed by atoms with Gasteiger partial charge in [0.15, 0.2) is 0 Å². The molecule has 2 rings (SSSR count). The van der Waals surface area contributed by atoms with Crippen LogP contribution in [0.5, 0.6) is 0 Å². The van der Waals surface area contributed by atoms with Crippen LogP contribution in [0.1, 0.15) is 42.6 Å². The Balaban J connectivity index is 1.97. The van der Waals surface area contributed by atoms with Gasteiger partial charge >= 0.3 is 5.97 Å². The van der Waals surface area contributed by atoms with E-state index in [0.29, 0.717) is 11.6 Å². The Hall–Kier alpha value is -1.39. The van der Waals surface area contributed by atoms with Crippen molar-refractivity contribution in [1.82, 2.24) is 4.90 Å². The summed E-state index contributed by atoms with van der Waals surface area (Å²) in [5.41, 5.74) is 1.43. The lowest BCUT2D eigenvalue weighted by Gasteiger charge is -2.39. The molecule has 1 atom stereocenters. The lowest BCUT2D eigenvalue weighted by atomic mass is 9.93. The summed E-state index contributed by atoms with van der Waals surface area (Å²) >= 11 is 0. The summed E-state index contributed by atoms with van der Waals surface area (Å²) in [6.45, 7) is 5.91. The molecule has 0 radical (unpaired) electrons. The van der Waals surface area contributed by atoms with Crippen molar-refractivity contribution in [2.75, 3.05) is 13.7 Å². The van der Waals surface area contributed by atoms with Crippen LogP contribution in [0.15, 0.2) is 24.3 Å². The van der Waals surface area contributed by atoms with Gasteiger partial charge in [-0.2, -0.15) is 0 Å². The number of carboxylic acid groups (broad SMARTS) is 1. The van der Waals surface area contributed by atoms with Crippen molar-refractivity contribution in [1.29, 1.82) is 0 Å². The number of carboxylic acids is 1. The van der Waals surface area contributed by atoms with Crippen LogP contribution < -0.4 is 0 Å². The smallest absolute Gasteiger partial charge is 0.335 e. The van der Waals surface area contributed by atoms with Gasteiger partial charge in [-0.25, -0.2) is 4.79 Å². The van der Waals surface area contributed by atoms with Crippen molar-refractivity contribution in [2.45, 2.75) is 44.9 Å². The molecule has 0 bridgehead atoms. The lowest BCUT2D eigenvalue weighted by Crippen LogP contribution is -2.44. The predicted octanol–water partition coefficient (Wildman–Crippen LogP) is 2.77. The van der Waals surface area contributed by atoms with Gasteiger partial charge in [-0.3, -0.25) is 4.90 Å². The first-order valence-corrected chi connectivity index (χ1v) is 7.04. The average Bonchev–Trinajstić information content (AvgIpc) is 2.38. The number of hydrogen-bond donors (Lipinski definition) is 1. The summed E-state index contributed by atoms with van der Waals surface area (Å²) in [6.07, 6.45) is 2.07. The Morgan fingerprint density at radius 1 is 1.40 bits per heavy atom. The Morgan fingerprint density at radius 3 is 2.60 bits per heavy atom. The fourth-order valence-electron chi connectivity index (χ4n) is 2.75. The van der Waals surface area contributed by atoms with Crippen molar-refractivity contribution >= 4 is 5.97 Å². The van der Waals surface area contributed by atoms with Gasteiger partial charge in [0.05, 0.1) is 11.2 Å². The molecule has 0 aromatic heterocycles. The maximum absolute atomic E-state index is 10.8. The van der Waals surface area contributed by atoms with E-state index in [1.54, 1.807) is 12.1 Å². The number of carbonyl (C=O) groups is 1. The average molecular weight is 277 g/mol. The molecule has 0 saturated carbocycles. The first-order valence-electron chi connectivity index (χ1n) is 7.04. The van der Waals surface area contributed by atoms with Gasteiger partial charge in [0.25, 0.3) is 0 Å². The quantitative estimate of drug-likeness (QED) is 0.919. The molecule has 1 saturated heterocycles. The molecule has 4 heteroatoms. The van der Waals surface area contributed by atoms with Gasteiger partial charge < -0.3 is 9.84 Å². The molecule has 110 valence electrons. The molecule has 1 N–H and O–H groups in total. The zero-order valence-electron chi connectivity index (χ0n) is 12.4. The van der Waals surface area contributed by atoms with E-state index in [2.05, 4.69) is 25.8 Å². The molecule has 1 heterocycles. The summed E-state index contributed by atoms with van der Waals surface area (Å²) in [7, 11) is 2.12. The van der Waals surface area contributed by atoms with Crippen molar-refractivity contribution in [2.24, 2.45) is 0 Å². The topological polar surface area (TPSA) is 49.8 Å². The zero-order valence-corrected chi connectivity index (χ0v) is 12.4. The van der Waals surface area contributed by atoms with Gasteiger partial charge in [0, 0.05) is 19.2 Å². The first kappa shape index (κ1) is 15.0. The second-order valence-corrected chi connectivity index (χ2v) is 6.17. The van der Waals surface area contributed by atoms with E-state index in [1.807, 2.05) is 12.1 Å². The molecular formula is C16H23NO3. The normalized spacial score (nSPS) is 21.9. The number of ether oxygens (including phenoxy) is 1. The minimum Gasteiger partial charge on any atom is -0.478 e. The largest absolute Gasteiger partial charge is 0.478 e. The van der Waals surface area contributed by atoms with E-state index in [9.17, 15) is 4.79 Å². The molecule has 20 heavy (non-hydrogen) atoms. The molecule has 1 aliphatic rings. The van der Waals surface area contributed by atoms with E-state index in [-0.39, 0.29) is 5.60 Å². The van der Waals surface area contributed by atoms with E-state index in [0.717, 1.165) is 31.6 Å². The highest BCUT2D eigenvalue weighted by Gasteiger charge is 2.30.